The van der Waals surface area contributed by atoms with Crippen LogP contribution in [-0.2, 0) is 5.41 Å². The first-order chi connectivity index (χ1) is 10.7. The fourth-order valence-electron chi connectivity index (χ4n) is 3.90. The first kappa shape index (κ1) is 13.6. The summed E-state index contributed by atoms with van der Waals surface area (Å²) in [5.41, 5.74) is 2.65. The van der Waals surface area contributed by atoms with E-state index in [-0.39, 0.29) is 5.41 Å². The molecule has 0 aliphatic carbocycles. The number of ether oxygens (including phenoxy) is 2. The van der Waals surface area contributed by atoms with Crippen molar-refractivity contribution in [3.63, 3.8) is 0 Å². The molecule has 22 heavy (non-hydrogen) atoms. The molecule has 4 rings (SSSR count). The average molecular weight is 295 g/mol. The highest BCUT2D eigenvalue weighted by molar-refractivity contribution is 5.62. The topological polar surface area (TPSA) is 21.7 Å². The molecular formula is C19H21NO2. The van der Waals surface area contributed by atoms with Gasteiger partial charge in [0.15, 0.2) is 11.5 Å². The van der Waals surface area contributed by atoms with Gasteiger partial charge in [0.25, 0.3) is 0 Å². The lowest BCUT2D eigenvalue weighted by molar-refractivity contribution is 0.201. The van der Waals surface area contributed by atoms with Crippen LogP contribution in [0, 0.1) is 0 Å². The number of rotatable bonds is 1. The van der Waals surface area contributed by atoms with Crippen LogP contribution in [0.1, 0.15) is 24.0 Å². The number of piperidine rings is 1. The van der Waals surface area contributed by atoms with Gasteiger partial charge in [0.05, 0.1) is 7.11 Å². The molecule has 3 nitrogen and oxygen atoms in total. The van der Waals surface area contributed by atoms with E-state index in [0.29, 0.717) is 0 Å². The van der Waals surface area contributed by atoms with Gasteiger partial charge in [0.1, 0.15) is 5.75 Å². The highest BCUT2D eigenvalue weighted by Gasteiger charge is 2.44. The molecule has 0 bridgehead atoms. The van der Waals surface area contributed by atoms with Gasteiger partial charge < -0.3 is 14.4 Å². The van der Waals surface area contributed by atoms with E-state index < -0.39 is 0 Å². The third kappa shape index (κ3) is 1.85. The zero-order valence-electron chi connectivity index (χ0n) is 13.1. The SMILES string of the molecule is COc1cccc2c1Oc1ccccc1C21CCN(C)CC1. The summed E-state index contributed by atoms with van der Waals surface area (Å²) in [7, 11) is 3.91. The van der Waals surface area contributed by atoms with Crippen LogP contribution in [0.25, 0.3) is 0 Å². The Kier molecular flexibility index (Phi) is 3.12. The van der Waals surface area contributed by atoms with E-state index >= 15 is 0 Å². The van der Waals surface area contributed by atoms with Crippen LogP contribution < -0.4 is 9.47 Å². The summed E-state index contributed by atoms with van der Waals surface area (Å²) in [5.74, 6) is 2.70. The molecule has 114 valence electrons. The molecule has 3 heteroatoms. The standard InChI is InChI=1S/C19H21NO2/c1-20-12-10-19(11-13-20)14-6-3-4-8-16(14)22-18-15(19)7-5-9-17(18)21-2/h3-9H,10-13H2,1-2H3. The summed E-state index contributed by atoms with van der Waals surface area (Å²) in [5, 5.41) is 0. The maximum atomic E-state index is 6.22. The molecular weight excluding hydrogens is 274 g/mol. The summed E-state index contributed by atoms with van der Waals surface area (Å²) in [6.45, 7) is 2.20. The maximum Gasteiger partial charge on any atom is 0.173 e. The maximum absolute atomic E-state index is 6.22. The van der Waals surface area contributed by atoms with E-state index in [1.165, 1.54) is 11.1 Å². The third-order valence-corrected chi connectivity index (χ3v) is 5.17. The zero-order chi connectivity index (χ0) is 15.2. The number of nitrogens with zero attached hydrogens (tertiary/aromatic N) is 1. The van der Waals surface area contributed by atoms with Crippen LogP contribution in [0.3, 0.4) is 0 Å². The largest absolute Gasteiger partial charge is 0.493 e. The molecule has 0 atom stereocenters. The van der Waals surface area contributed by atoms with Crippen molar-refractivity contribution in [1.29, 1.82) is 0 Å². The second kappa shape index (κ2) is 5.03. The summed E-state index contributed by atoms with van der Waals surface area (Å²) < 4.78 is 11.8. The molecule has 2 aliphatic rings. The van der Waals surface area contributed by atoms with Gasteiger partial charge in [-0.15, -0.1) is 0 Å². The second-order valence-electron chi connectivity index (χ2n) is 6.32. The lowest BCUT2D eigenvalue weighted by Gasteiger charge is -2.45. The molecule has 2 heterocycles. The summed E-state index contributed by atoms with van der Waals surface area (Å²) >= 11 is 0. The Morgan fingerprint density at radius 3 is 2.50 bits per heavy atom. The Bertz CT molecular complexity index is 702. The van der Waals surface area contributed by atoms with E-state index in [9.17, 15) is 0 Å². The lowest BCUT2D eigenvalue weighted by Crippen LogP contribution is -2.43. The summed E-state index contributed by atoms with van der Waals surface area (Å²) in [6.07, 6.45) is 2.23. The quantitative estimate of drug-likeness (QED) is 0.798. The highest BCUT2D eigenvalue weighted by Crippen LogP contribution is 2.55. The van der Waals surface area contributed by atoms with Gasteiger partial charge in [0, 0.05) is 16.5 Å². The number of benzene rings is 2. The van der Waals surface area contributed by atoms with E-state index in [2.05, 4.69) is 42.3 Å². The highest BCUT2D eigenvalue weighted by atomic mass is 16.5. The molecule has 1 fully saturated rings. The van der Waals surface area contributed by atoms with Crippen molar-refractivity contribution in [1.82, 2.24) is 4.90 Å². The van der Waals surface area contributed by atoms with Crippen LogP contribution in [0.15, 0.2) is 42.5 Å². The lowest BCUT2D eigenvalue weighted by atomic mass is 9.66. The molecule has 0 unspecified atom stereocenters. The molecule has 0 amide bonds. The van der Waals surface area contributed by atoms with Crippen LogP contribution in [0.4, 0.5) is 0 Å². The zero-order valence-corrected chi connectivity index (χ0v) is 13.1. The average Bonchev–Trinajstić information content (AvgIpc) is 2.57. The van der Waals surface area contributed by atoms with E-state index in [0.717, 1.165) is 43.2 Å². The van der Waals surface area contributed by atoms with Crippen LogP contribution in [0.2, 0.25) is 0 Å². The first-order valence-corrected chi connectivity index (χ1v) is 7.88. The van der Waals surface area contributed by atoms with Crippen molar-refractivity contribution in [2.75, 3.05) is 27.2 Å². The van der Waals surface area contributed by atoms with Crippen LogP contribution >= 0.6 is 0 Å². The number of hydrogen-bond acceptors (Lipinski definition) is 3. The van der Waals surface area contributed by atoms with Gasteiger partial charge in [-0.05, 0) is 45.1 Å². The molecule has 0 saturated carbocycles. The Hall–Kier alpha value is -2.00. The second-order valence-corrected chi connectivity index (χ2v) is 6.32. The van der Waals surface area contributed by atoms with Gasteiger partial charge in [-0.25, -0.2) is 0 Å². The fraction of sp³-hybridized carbons (Fsp3) is 0.368. The molecule has 1 saturated heterocycles. The smallest absolute Gasteiger partial charge is 0.173 e. The van der Waals surface area contributed by atoms with Gasteiger partial charge in [-0.1, -0.05) is 30.3 Å². The van der Waals surface area contributed by atoms with Crippen molar-refractivity contribution in [2.45, 2.75) is 18.3 Å². The van der Waals surface area contributed by atoms with Crippen LogP contribution in [-0.4, -0.2) is 32.1 Å². The molecule has 2 aromatic rings. The first-order valence-electron chi connectivity index (χ1n) is 7.88. The Morgan fingerprint density at radius 1 is 1.00 bits per heavy atom. The monoisotopic (exact) mass is 295 g/mol. The fourth-order valence-corrected chi connectivity index (χ4v) is 3.90. The minimum Gasteiger partial charge on any atom is -0.493 e. The third-order valence-electron chi connectivity index (χ3n) is 5.17. The number of methoxy groups -OCH3 is 1. The summed E-state index contributed by atoms with van der Waals surface area (Å²) in [4.78, 5) is 2.41. The number of hydrogen-bond donors (Lipinski definition) is 0. The van der Waals surface area contributed by atoms with Crippen molar-refractivity contribution < 1.29 is 9.47 Å². The van der Waals surface area contributed by atoms with Crippen molar-refractivity contribution in [3.8, 4) is 17.2 Å². The number of likely N-dealkylation sites (tertiary alicyclic amines) is 1. The van der Waals surface area contributed by atoms with Crippen molar-refractivity contribution in [3.05, 3.63) is 53.6 Å². The minimum absolute atomic E-state index is 0.0469. The van der Waals surface area contributed by atoms with Gasteiger partial charge in [0.2, 0.25) is 0 Å². The van der Waals surface area contributed by atoms with E-state index in [1.807, 2.05) is 12.1 Å². The van der Waals surface area contributed by atoms with E-state index in [4.69, 9.17) is 9.47 Å². The van der Waals surface area contributed by atoms with Crippen molar-refractivity contribution >= 4 is 0 Å². The van der Waals surface area contributed by atoms with Gasteiger partial charge in [-0.2, -0.15) is 0 Å². The van der Waals surface area contributed by atoms with E-state index in [1.54, 1.807) is 7.11 Å². The summed E-state index contributed by atoms with van der Waals surface area (Å²) in [6, 6.07) is 14.7. The molecule has 0 N–H and O–H groups in total. The minimum atomic E-state index is 0.0469. The molecule has 2 aliphatic heterocycles. The molecule has 1 spiro atoms. The van der Waals surface area contributed by atoms with Crippen molar-refractivity contribution in [2.24, 2.45) is 0 Å². The number of fused-ring (bicyclic) bond motifs is 4. The van der Waals surface area contributed by atoms with Gasteiger partial charge >= 0.3 is 0 Å². The predicted octanol–water partition coefficient (Wildman–Crippen LogP) is 3.81. The molecule has 2 aromatic carbocycles. The normalized spacial score (nSPS) is 19.2. The molecule has 0 aromatic heterocycles. The van der Waals surface area contributed by atoms with Crippen LogP contribution in [0.5, 0.6) is 17.2 Å². The predicted molar refractivity (Wildman–Crippen MR) is 87.0 cm³/mol. The Labute approximate surface area is 131 Å². The number of para-hydroxylation sites is 2. The Balaban J connectivity index is 1.94. The Morgan fingerprint density at radius 2 is 1.73 bits per heavy atom. The van der Waals surface area contributed by atoms with Gasteiger partial charge in [-0.3, -0.25) is 0 Å². The molecule has 0 radical (unpaired) electrons.